The standard InChI is InChI=1S/C27H35F6N3OP.BrH/c1-7-18-34(19-8-2)38(35(20-9-3)21-10-4,36(22-11-5)23-12-6)37-25(26(28,29)30,27(31,32)33)24-16-14-13-15-17-24;/h7-17H,1-6,18-23H2;1H/q+1;/p-1. The van der Waals surface area contributed by atoms with Gasteiger partial charge in [0.05, 0.1) is 39.3 Å². The van der Waals surface area contributed by atoms with Crippen LogP contribution in [-0.4, -0.2) is 65.6 Å². The fourth-order valence-electron chi connectivity index (χ4n) is 3.97. The van der Waals surface area contributed by atoms with Crippen LogP contribution in [0.5, 0.6) is 0 Å². The average molecular weight is 642 g/mol. The first kappa shape index (κ1) is 37.0. The van der Waals surface area contributed by atoms with Crippen molar-refractivity contribution in [2.75, 3.05) is 39.3 Å². The third kappa shape index (κ3) is 8.02. The average Bonchev–Trinajstić information content (AvgIpc) is 2.84. The normalized spacial score (nSPS) is 12.6. The molecule has 12 heteroatoms. The highest BCUT2D eigenvalue weighted by Gasteiger charge is 2.80. The summed E-state index contributed by atoms with van der Waals surface area (Å²) < 4.78 is 99.9. The minimum absolute atomic E-state index is 0. The third-order valence-corrected chi connectivity index (χ3v) is 9.09. The molecule has 0 amide bonds. The van der Waals surface area contributed by atoms with E-state index in [1.165, 1.54) is 56.5 Å². The zero-order chi connectivity index (χ0) is 29.0. The highest BCUT2D eigenvalue weighted by atomic mass is 79.9. The minimum Gasteiger partial charge on any atom is -1.00 e. The van der Waals surface area contributed by atoms with Gasteiger partial charge in [-0.3, -0.25) is 0 Å². The van der Waals surface area contributed by atoms with Crippen LogP contribution in [0.4, 0.5) is 26.3 Å². The van der Waals surface area contributed by atoms with Crippen LogP contribution in [0.25, 0.3) is 0 Å². The molecule has 0 saturated heterocycles. The quantitative estimate of drug-likeness (QED) is 0.131. The summed E-state index contributed by atoms with van der Waals surface area (Å²) in [7, 11) is -4.27. The van der Waals surface area contributed by atoms with E-state index in [-0.39, 0.29) is 56.2 Å². The number of alkyl halides is 6. The van der Waals surface area contributed by atoms with Gasteiger partial charge in [0.1, 0.15) is 0 Å². The van der Waals surface area contributed by atoms with Gasteiger partial charge in [-0.15, -0.1) is 58.0 Å². The molecule has 0 radical (unpaired) electrons. The van der Waals surface area contributed by atoms with Crippen molar-refractivity contribution in [3.8, 4) is 0 Å². The number of hydrogen-bond acceptors (Lipinski definition) is 4. The monoisotopic (exact) mass is 641 g/mol. The van der Waals surface area contributed by atoms with E-state index >= 15 is 0 Å². The van der Waals surface area contributed by atoms with Gasteiger partial charge in [0.25, 0.3) is 0 Å². The van der Waals surface area contributed by atoms with E-state index in [1.54, 1.807) is 0 Å². The molecule has 218 valence electrons. The molecule has 0 saturated carbocycles. The zero-order valence-electron chi connectivity index (χ0n) is 21.7. The summed E-state index contributed by atoms with van der Waals surface area (Å²) in [5.41, 5.74) is -5.80. The Bertz CT molecular complexity index is 851. The van der Waals surface area contributed by atoms with Crippen molar-refractivity contribution >= 4 is 7.94 Å². The molecule has 0 N–H and O–H groups in total. The smallest absolute Gasteiger partial charge is 0.435 e. The third-order valence-electron chi connectivity index (χ3n) is 5.38. The second-order valence-corrected chi connectivity index (χ2v) is 10.9. The second-order valence-electron chi connectivity index (χ2n) is 7.99. The highest BCUT2D eigenvalue weighted by molar-refractivity contribution is 7.64. The molecule has 0 aliphatic heterocycles. The summed E-state index contributed by atoms with van der Waals surface area (Å²) >= 11 is 0. The molecule has 0 aliphatic carbocycles. The lowest BCUT2D eigenvalue weighted by Crippen LogP contribution is -3.00. The Morgan fingerprint density at radius 3 is 1.10 bits per heavy atom. The first-order chi connectivity index (χ1) is 17.9. The van der Waals surface area contributed by atoms with Crippen LogP contribution < -0.4 is 17.0 Å². The molecular formula is C27H35BrF6N3OP. The Kier molecular flexibility index (Phi) is 15.5. The summed E-state index contributed by atoms with van der Waals surface area (Å²) in [6.45, 7) is 21.4. The van der Waals surface area contributed by atoms with Crippen LogP contribution in [0.3, 0.4) is 0 Å². The molecule has 39 heavy (non-hydrogen) atoms. The minimum atomic E-state index is -5.91. The number of rotatable bonds is 18. The van der Waals surface area contributed by atoms with E-state index < -0.39 is 31.5 Å². The predicted octanol–water partition coefficient (Wildman–Crippen LogP) is 4.73. The maximum atomic E-state index is 15.0. The fourth-order valence-corrected chi connectivity index (χ4v) is 8.04. The maximum absolute atomic E-state index is 15.0. The number of hydrogen-bond donors (Lipinski definition) is 0. The lowest BCUT2D eigenvalue weighted by molar-refractivity contribution is -0.367. The number of benzene rings is 1. The fraction of sp³-hybridized carbons (Fsp3) is 0.333. The van der Waals surface area contributed by atoms with Crippen molar-refractivity contribution in [3.05, 3.63) is 112 Å². The van der Waals surface area contributed by atoms with Gasteiger partial charge in [-0.05, 0) is 0 Å². The van der Waals surface area contributed by atoms with Crippen molar-refractivity contribution in [2.45, 2.75) is 18.0 Å². The molecular weight excluding hydrogens is 607 g/mol. The topological polar surface area (TPSA) is 19.0 Å². The summed E-state index contributed by atoms with van der Waals surface area (Å²) in [4.78, 5) is 0. The van der Waals surface area contributed by atoms with E-state index in [1.807, 2.05) is 0 Å². The van der Waals surface area contributed by atoms with Gasteiger partial charge in [-0.25, -0.2) is 0 Å². The Morgan fingerprint density at radius 2 is 0.872 bits per heavy atom. The SMILES string of the molecule is C=CCN(CC=C)[P+](OC(c1ccccc1)(C(F)(F)F)C(F)(F)F)(N(CC=C)CC=C)N(CC=C)CC=C.[Br-]. The maximum Gasteiger partial charge on any atom is 0.435 e. The van der Waals surface area contributed by atoms with Crippen molar-refractivity contribution in [1.29, 1.82) is 0 Å². The molecule has 0 aliphatic rings. The van der Waals surface area contributed by atoms with Gasteiger partial charge in [-0.1, -0.05) is 66.8 Å². The summed E-state index contributed by atoms with van der Waals surface area (Å²) in [5, 5.41) is 0. The second kappa shape index (κ2) is 16.3. The molecule has 0 fully saturated rings. The van der Waals surface area contributed by atoms with Crippen LogP contribution in [-0.2, 0) is 10.1 Å². The highest BCUT2D eigenvalue weighted by Crippen LogP contribution is 2.74. The van der Waals surface area contributed by atoms with Gasteiger partial charge in [0, 0.05) is 5.56 Å². The molecule has 0 bridgehead atoms. The Hall–Kier alpha value is -2.01. The molecule has 0 atom stereocenters. The van der Waals surface area contributed by atoms with Gasteiger partial charge in [0.2, 0.25) is 0 Å². The molecule has 0 unspecified atom stereocenters. The lowest BCUT2D eigenvalue weighted by Gasteiger charge is -2.48. The van der Waals surface area contributed by atoms with Crippen molar-refractivity contribution in [1.82, 2.24) is 14.0 Å². The predicted molar refractivity (Wildman–Crippen MR) is 144 cm³/mol. The van der Waals surface area contributed by atoms with E-state index in [9.17, 15) is 26.3 Å². The summed E-state index contributed by atoms with van der Waals surface area (Å²) in [5.74, 6) is 0. The van der Waals surface area contributed by atoms with Crippen LogP contribution in [0.2, 0.25) is 0 Å². The van der Waals surface area contributed by atoms with Crippen LogP contribution >= 0.6 is 7.94 Å². The van der Waals surface area contributed by atoms with Gasteiger partial charge in [0.15, 0.2) is 0 Å². The van der Waals surface area contributed by atoms with Gasteiger partial charge >= 0.3 is 25.9 Å². The van der Waals surface area contributed by atoms with Gasteiger partial charge < -0.3 is 17.0 Å². The van der Waals surface area contributed by atoms with Gasteiger partial charge in [-0.2, -0.15) is 26.3 Å². The first-order valence-electron chi connectivity index (χ1n) is 11.6. The van der Waals surface area contributed by atoms with Crippen molar-refractivity contribution < 1.29 is 47.8 Å². The summed E-state index contributed by atoms with van der Waals surface area (Å²) in [6.07, 6.45) is -3.53. The van der Waals surface area contributed by atoms with E-state index in [0.717, 1.165) is 24.3 Å². The summed E-state index contributed by atoms with van der Waals surface area (Å²) in [6, 6.07) is 5.06. The van der Waals surface area contributed by atoms with Crippen molar-refractivity contribution in [2.24, 2.45) is 0 Å². The Labute approximate surface area is 238 Å². The molecule has 0 spiro atoms. The molecule has 1 aromatic carbocycles. The lowest BCUT2D eigenvalue weighted by atomic mass is 9.92. The largest absolute Gasteiger partial charge is 1.00 e. The van der Waals surface area contributed by atoms with Crippen molar-refractivity contribution in [3.63, 3.8) is 0 Å². The number of halogens is 7. The van der Waals surface area contributed by atoms with E-state index in [0.29, 0.717) is 0 Å². The van der Waals surface area contributed by atoms with Crippen LogP contribution in [0.1, 0.15) is 5.56 Å². The van der Waals surface area contributed by atoms with E-state index in [4.69, 9.17) is 4.52 Å². The molecule has 0 heterocycles. The molecule has 4 nitrogen and oxygen atoms in total. The number of nitrogens with zero attached hydrogens (tertiary/aromatic N) is 3. The van der Waals surface area contributed by atoms with E-state index in [2.05, 4.69) is 39.5 Å². The van der Waals surface area contributed by atoms with Crippen LogP contribution in [0.15, 0.2) is 106 Å². The molecule has 1 aromatic rings. The molecule has 1 rings (SSSR count). The molecule has 0 aromatic heterocycles. The Balaban J connectivity index is 0.0000144. The van der Waals surface area contributed by atoms with Crippen LogP contribution in [0, 0.1) is 0 Å². The first-order valence-corrected chi connectivity index (χ1v) is 13.1. The Morgan fingerprint density at radius 1 is 0.590 bits per heavy atom. The zero-order valence-corrected chi connectivity index (χ0v) is 24.2.